The second-order valence-corrected chi connectivity index (χ2v) is 4.16. The smallest absolute Gasteiger partial charge is 0.204 e. The second kappa shape index (κ2) is 5.94. The first-order chi connectivity index (χ1) is 9.24. The molecular formula is C12H16N6O. The molecule has 2 aromatic rings. The molecule has 3 N–H and O–H groups in total. The summed E-state index contributed by atoms with van der Waals surface area (Å²) in [7, 11) is 0. The van der Waals surface area contributed by atoms with Gasteiger partial charge in [0.05, 0.1) is 6.04 Å². The molecule has 19 heavy (non-hydrogen) atoms. The normalized spacial score (nSPS) is 13.4. The lowest BCUT2D eigenvalue weighted by molar-refractivity contribution is 0.312. The monoisotopic (exact) mass is 260 g/mol. The van der Waals surface area contributed by atoms with Gasteiger partial charge in [0.2, 0.25) is 5.82 Å². The molecule has 7 heteroatoms. The summed E-state index contributed by atoms with van der Waals surface area (Å²) in [5.41, 5.74) is 6.43. The standard InChI is InChI=1S/C12H16N6O/c1-2-10(8-11(13)16-19)18-15-12(14-17-18)9-6-4-3-5-7-9/h3-7,10,19H,2,8H2,1H3,(H2,13,16). The SMILES string of the molecule is CCC(C/C(N)=N/O)n1nnc(-c2ccccc2)n1. The first-order valence-electron chi connectivity index (χ1n) is 6.06. The summed E-state index contributed by atoms with van der Waals surface area (Å²) < 4.78 is 0. The van der Waals surface area contributed by atoms with Gasteiger partial charge >= 0.3 is 0 Å². The Morgan fingerprint density at radius 1 is 1.42 bits per heavy atom. The zero-order valence-corrected chi connectivity index (χ0v) is 10.6. The molecule has 7 nitrogen and oxygen atoms in total. The largest absolute Gasteiger partial charge is 0.409 e. The van der Waals surface area contributed by atoms with Crippen LogP contribution in [0.4, 0.5) is 0 Å². The highest BCUT2D eigenvalue weighted by atomic mass is 16.4. The first-order valence-corrected chi connectivity index (χ1v) is 6.06. The Labute approximate surface area is 110 Å². The van der Waals surface area contributed by atoms with Crippen LogP contribution in [-0.4, -0.2) is 31.3 Å². The molecule has 0 saturated heterocycles. The summed E-state index contributed by atoms with van der Waals surface area (Å²) in [5, 5.41) is 24.0. The zero-order chi connectivity index (χ0) is 13.7. The average molecular weight is 260 g/mol. The van der Waals surface area contributed by atoms with Crippen LogP contribution in [0, 0.1) is 0 Å². The Kier molecular flexibility index (Phi) is 4.07. The highest BCUT2D eigenvalue weighted by molar-refractivity contribution is 5.79. The Balaban J connectivity index is 2.20. The van der Waals surface area contributed by atoms with Gasteiger partial charge in [-0.25, -0.2) is 0 Å². The fourth-order valence-corrected chi connectivity index (χ4v) is 1.75. The van der Waals surface area contributed by atoms with E-state index in [9.17, 15) is 0 Å². The lowest BCUT2D eigenvalue weighted by atomic mass is 10.1. The number of aromatic nitrogens is 4. The topological polar surface area (TPSA) is 102 Å². The molecule has 0 saturated carbocycles. The lowest BCUT2D eigenvalue weighted by Gasteiger charge is -2.11. The van der Waals surface area contributed by atoms with Crippen molar-refractivity contribution in [1.29, 1.82) is 0 Å². The number of nitrogens with zero attached hydrogens (tertiary/aromatic N) is 5. The molecule has 1 heterocycles. The molecule has 0 aliphatic heterocycles. The maximum Gasteiger partial charge on any atom is 0.204 e. The molecule has 0 aliphatic carbocycles. The molecule has 2 rings (SSSR count). The first kappa shape index (κ1) is 13.0. The number of hydrogen-bond donors (Lipinski definition) is 2. The van der Waals surface area contributed by atoms with E-state index < -0.39 is 0 Å². The minimum atomic E-state index is -0.0686. The summed E-state index contributed by atoms with van der Waals surface area (Å²) in [6.45, 7) is 1.99. The highest BCUT2D eigenvalue weighted by Gasteiger charge is 2.15. The van der Waals surface area contributed by atoms with Crippen LogP contribution in [-0.2, 0) is 0 Å². The number of benzene rings is 1. The van der Waals surface area contributed by atoms with Gasteiger partial charge in [0.25, 0.3) is 0 Å². The number of hydrogen-bond acceptors (Lipinski definition) is 5. The maximum absolute atomic E-state index is 8.61. The summed E-state index contributed by atoms with van der Waals surface area (Å²) in [6, 6.07) is 9.55. The van der Waals surface area contributed by atoms with Gasteiger partial charge in [-0.1, -0.05) is 42.4 Å². The molecule has 0 fully saturated rings. The van der Waals surface area contributed by atoms with E-state index in [1.165, 1.54) is 4.80 Å². The van der Waals surface area contributed by atoms with Gasteiger partial charge < -0.3 is 10.9 Å². The van der Waals surface area contributed by atoms with Crippen molar-refractivity contribution in [2.75, 3.05) is 0 Å². The third kappa shape index (κ3) is 3.06. The van der Waals surface area contributed by atoms with E-state index in [-0.39, 0.29) is 11.9 Å². The van der Waals surface area contributed by atoms with Crippen LogP contribution in [0.25, 0.3) is 11.4 Å². The molecule has 1 aromatic heterocycles. The van der Waals surface area contributed by atoms with Gasteiger partial charge in [0, 0.05) is 12.0 Å². The molecule has 1 unspecified atom stereocenters. The molecular weight excluding hydrogens is 244 g/mol. The second-order valence-electron chi connectivity index (χ2n) is 4.16. The third-order valence-corrected chi connectivity index (χ3v) is 2.83. The van der Waals surface area contributed by atoms with Crippen LogP contribution in [0.5, 0.6) is 0 Å². The van der Waals surface area contributed by atoms with Crippen LogP contribution < -0.4 is 5.73 Å². The predicted octanol–water partition coefficient (Wildman–Crippen LogP) is 1.43. The molecule has 1 atom stereocenters. The Hall–Kier alpha value is -2.44. The number of nitrogens with two attached hydrogens (primary N) is 1. The van der Waals surface area contributed by atoms with Crippen molar-refractivity contribution in [3.8, 4) is 11.4 Å². The minimum absolute atomic E-state index is 0.0686. The van der Waals surface area contributed by atoms with Crippen LogP contribution >= 0.6 is 0 Å². The van der Waals surface area contributed by atoms with Gasteiger partial charge in [-0.05, 0) is 11.6 Å². The van der Waals surface area contributed by atoms with Crippen LogP contribution in [0.2, 0.25) is 0 Å². The van der Waals surface area contributed by atoms with Crippen molar-refractivity contribution in [1.82, 2.24) is 20.2 Å². The molecule has 100 valence electrons. The molecule has 1 aromatic carbocycles. The highest BCUT2D eigenvalue weighted by Crippen LogP contribution is 2.17. The lowest BCUT2D eigenvalue weighted by Crippen LogP contribution is -2.21. The Morgan fingerprint density at radius 2 is 2.16 bits per heavy atom. The number of amidine groups is 1. The molecule has 0 amide bonds. The number of rotatable bonds is 5. The van der Waals surface area contributed by atoms with Gasteiger partial charge in [-0.15, -0.1) is 10.2 Å². The fourth-order valence-electron chi connectivity index (χ4n) is 1.75. The van der Waals surface area contributed by atoms with E-state index in [2.05, 4.69) is 20.6 Å². The molecule has 0 bridgehead atoms. The Morgan fingerprint density at radius 3 is 2.79 bits per heavy atom. The number of tetrazole rings is 1. The van der Waals surface area contributed by atoms with Crippen molar-refractivity contribution in [3.63, 3.8) is 0 Å². The zero-order valence-electron chi connectivity index (χ0n) is 10.6. The summed E-state index contributed by atoms with van der Waals surface area (Å²) >= 11 is 0. The van der Waals surface area contributed by atoms with Gasteiger partial charge in [0.1, 0.15) is 5.84 Å². The summed E-state index contributed by atoms with van der Waals surface area (Å²) in [6.07, 6.45) is 1.15. The van der Waals surface area contributed by atoms with Crippen molar-refractivity contribution >= 4 is 5.84 Å². The quantitative estimate of drug-likeness (QED) is 0.366. The van der Waals surface area contributed by atoms with E-state index in [1.54, 1.807) is 0 Å². The van der Waals surface area contributed by atoms with Crippen LogP contribution in [0.3, 0.4) is 0 Å². The maximum atomic E-state index is 8.61. The summed E-state index contributed by atoms with van der Waals surface area (Å²) in [4.78, 5) is 1.51. The van der Waals surface area contributed by atoms with Crippen molar-refractivity contribution in [3.05, 3.63) is 30.3 Å². The molecule has 0 spiro atoms. The Bertz CT molecular complexity index is 550. The minimum Gasteiger partial charge on any atom is -0.409 e. The van der Waals surface area contributed by atoms with Crippen LogP contribution in [0.15, 0.2) is 35.5 Å². The van der Waals surface area contributed by atoms with Crippen molar-refractivity contribution < 1.29 is 5.21 Å². The average Bonchev–Trinajstić information content (AvgIpc) is 2.95. The third-order valence-electron chi connectivity index (χ3n) is 2.83. The fraction of sp³-hybridized carbons (Fsp3) is 0.333. The van der Waals surface area contributed by atoms with E-state index in [1.807, 2.05) is 37.3 Å². The molecule has 0 radical (unpaired) electrons. The van der Waals surface area contributed by atoms with E-state index in [4.69, 9.17) is 10.9 Å². The number of oxime groups is 1. The van der Waals surface area contributed by atoms with E-state index in [0.717, 1.165) is 12.0 Å². The van der Waals surface area contributed by atoms with Gasteiger partial charge in [-0.2, -0.15) is 4.80 Å². The van der Waals surface area contributed by atoms with E-state index >= 15 is 0 Å². The van der Waals surface area contributed by atoms with E-state index in [0.29, 0.717) is 12.2 Å². The predicted molar refractivity (Wildman–Crippen MR) is 70.6 cm³/mol. The molecule has 0 aliphatic rings. The van der Waals surface area contributed by atoms with Crippen LogP contribution in [0.1, 0.15) is 25.8 Å². The van der Waals surface area contributed by atoms with Gasteiger partial charge in [0.15, 0.2) is 0 Å². The van der Waals surface area contributed by atoms with Crippen molar-refractivity contribution in [2.24, 2.45) is 10.9 Å². The summed E-state index contributed by atoms with van der Waals surface area (Å²) in [5.74, 6) is 0.726. The van der Waals surface area contributed by atoms with Crippen molar-refractivity contribution in [2.45, 2.75) is 25.8 Å². The van der Waals surface area contributed by atoms with Gasteiger partial charge in [-0.3, -0.25) is 0 Å².